The van der Waals surface area contributed by atoms with Gasteiger partial charge in [-0.2, -0.15) is 0 Å². The van der Waals surface area contributed by atoms with Crippen molar-refractivity contribution in [1.29, 1.82) is 0 Å². The van der Waals surface area contributed by atoms with Gasteiger partial charge in [-0.3, -0.25) is 0 Å². The summed E-state index contributed by atoms with van der Waals surface area (Å²) in [5, 5.41) is 10.1. The molecule has 4 heteroatoms. The number of ether oxygens (including phenoxy) is 1. The zero-order valence-corrected chi connectivity index (χ0v) is 11.1. The van der Waals surface area contributed by atoms with E-state index >= 15 is 0 Å². The second-order valence-electron chi connectivity index (χ2n) is 4.46. The highest BCUT2D eigenvalue weighted by molar-refractivity contribution is 9.10. The van der Waals surface area contributed by atoms with E-state index in [2.05, 4.69) is 15.9 Å². The molecular formula is C13H16BrFO2. The number of rotatable bonds is 3. The van der Waals surface area contributed by atoms with E-state index in [1.807, 2.05) is 0 Å². The van der Waals surface area contributed by atoms with Crippen LogP contribution >= 0.6 is 15.9 Å². The molecule has 1 heterocycles. The Kier molecular flexibility index (Phi) is 4.54. The van der Waals surface area contributed by atoms with E-state index in [1.54, 1.807) is 6.07 Å². The molecule has 0 spiro atoms. The van der Waals surface area contributed by atoms with Crippen molar-refractivity contribution in [2.45, 2.75) is 25.4 Å². The fraction of sp³-hybridized carbons (Fsp3) is 0.538. The summed E-state index contributed by atoms with van der Waals surface area (Å²) in [5.74, 6) is 0.00120. The molecule has 1 aromatic carbocycles. The maximum atomic E-state index is 13.1. The quantitative estimate of drug-likeness (QED) is 0.930. The summed E-state index contributed by atoms with van der Waals surface area (Å²) in [4.78, 5) is 0. The zero-order chi connectivity index (χ0) is 12.3. The van der Waals surface area contributed by atoms with Gasteiger partial charge in [-0.05, 0) is 48.9 Å². The fourth-order valence-electron chi connectivity index (χ4n) is 2.19. The Morgan fingerprint density at radius 2 is 2.12 bits per heavy atom. The van der Waals surface area contributed by atoms with Crippen molar-refractivity contribution in [2.24, 2.45) is 5.92 Å². The lowest BCUT2D eigenvalue weighted by atomic mass is 9.90. The molecule has 0 saturated carbocycles. The van der Waals surface area contributed by atoms with Crippen LogP contribution in [0.25, 0.3) is 0 Å². The molecule has 0 aliphatic carbocycles. The van der Waals surface area contributed by atoms with Gasteiger partial charge in [-0.15, -0.1) is 0 Å². The standard InChI is InChI=1S/C13H16BrFO2/c14-12-2-1-11(15)7-10(12)8-13(16)9-3-5-17-6-4-9/h1-2,7,9,13,16H,3-6,8H2. The van der Waals surface area contributed by atoms with Crippen LogP contribution in [0.5, 0.6) is 0 Å². The Morgan fingerprint density at radius 3 is 2.82 bits per heavy atom. The predicted octanol–water partition coefficient (Wildman–Crippen LogP) is 2.92. The number of aliphatic hydroxyl groups excluding tert-OH is 1. The summed E-state index contributed by atoms with van der Waals surface area (Å²) in [7, 11) is 0. The first-order chi connectivity index (χ1) is 8.16. The van der Waals surface area contributed by atoms with Crippen LogP contribution < -0.4 is 0 Å². The molecule has 94 valence electrons. The van der Waals surface area contributed by atoms with Crippen LogP contribution in [0.1, 0.15) is 18.4 Å². The van der Waals surface area contributed by atoms with Gasteiger partial charge in [0.1, 0.15) is 5.82 Å². The van der Waals surface area contributed by atoms with Crippen molar-refractivity contribution >= 4 is 15.9 Å². The van der Waals surface area contributed by atoms with Gasteiger partial charge in [0.05, 0.1) is 6.10 Å². The van der Waals surface area contributed by atoms with Gasteiger partial charge in [-0.1, -0.05) is 15.9 Å². The minimum atomic E-state index is -0.419. The third-order valence-corrected chi connectivity index (χ3v) is 4.02. The molecule has 1 unspecified atom stereocenters. The Morgan fingerprint density at radius 1 is 1.41 bits per heavy atom. The highest BCUT2D eigenvalue weighted by Gasteiger charge is 2.22. The lowest BCUT2D eigenvalue weighted by Crippen LogP contribution is -2.29. The third kappa shape index (κ3) is 3.50. The van der Waals surface area contributed by atoms with Crippen molar-refractivity contribution in [1.82, 2.24) is 0 Å². The molecule has 0 radical (unpaired) electrons. The Balaban J connectivity index is 2.01. The predicted molar refractivity (Wildman–Crippen MR) is 67.4 cm³/mol. The van der Waals surface area contributed by atoms with E-state index in [9.17, 15) is 9.50 Å². The molecule has 1 saturated heterocycles. The van der Waals surface area contributed by atoms with Crippen LogP contribution in [0.15, 0.2) is 22.7 Å². The average Bonchev–Trinajstić information content (AvgIpc) is 2.35. The average molecular weight is 303 g/mol. The first-order valence-electron chi connectivity index (χ1n) is 5.86. The maximum Gasteiger partial charge on any atom is 0.123 e. The molecule has 2 rings (SSSR count). The second-order valence-corrected chi connectivity index (χ2v) is 5.31. The van der Waals surface area contributed by atoms with Crippen molar-refractivity contribution < 1.29 is 14.2 Å². The van der Waals surface area contributed by atoms with Gasteiger partial charge in [0.25, 0.3) is 0 Å². The van der Waals surface area contributed by atoms with Crippen molar-refractivity contribution in [2.75, 3.05) is 13.2 Å². The first-order valence-corrected chi connectivity index (χ1v) is 6.66. The van der Waals surface area contributed by atoms with E-state index < -0.39 is 6.10 Å². The van der Waals surface area contributed by atoms with Crippen LogP contribution in [0.3, 0.4) is 0 Å². The Bertz CT molecular complexity index is 378. The van der Waals surface area contributed by atoms with Crippen molar-refractivity contribution in [3.05, 3.63) is 34.1 Å². The topological polar surface area (TPSA) is 29.5 Å². The van der Waals surface area contributed by atoms with Crippen LogP contribution in [-0.2, 0) is 11.2 Å². The van der Waals surface area contributed by atoms with Gasteiger partial charge in [-0.25, -0.2) is 4.39 Å². The molecule has 1 N–H and O–H groups in total. The number of hydrogen-bond donors (Lipinski definition) is 1. The number of halogens is 2. The van der Waals surface area contributed by atoms with Crippen LogP contribution in [-0.4, -0.2) is 24.4 Å². The monoisotopic (exact) mass is 302 g/mol. The van der Waals surface area contributed by atoms with Gasteiger partial charge >= 0.3 is 0 Å². The van der Waals surface area contributed by atoms with Crippen LogP contribution in [0.4, 0.5) is 4.39 Å². The number of aliphatic hydroxyl groups is 1. The lowest BCUT2D eigenvalue weighted by molar-refractivity contribution is 0.00832. The molecule has 17 heavy (non-hydrogen) atoms. The summed E-state index contributed by atoms with van der Waals surface area (Å²) in [6.45, 7) is 1.43. The fourth-order valence-corrected chi connectivity index (χ4v) is 2.60. The number of hydrogen-bond acceptors (Lipinski definition) is 2. The summed E-state index contributed by atoms with van der Waals surface area (Å²) in [6.07, 6.45) is 1.84. The molecule has 1 fully saturated rings. The minimum Gasteiger partial charge on any atom is -0.392 e. The summed E-state index contributed by atoms with van der Waals surface area (Å²) >= 11 is 3.38. The highest BCUT2D eigenvalue weighted by Crippen LogP contribution is 2.25. The largest absolute Gasteiger partial charge is 0.392 e. The van der Waals surface area contributed by atoms with E-state index in [0.29, 0.717) is 19.6 Å². The number of benzene rings is 1. The van der Waals surface area contributed by atoms with E-state index in [1.165, 1.54) is 12.1 Å². The SMILES string of the molecule is OC(Cc1cc(F)ccc1Br)C1CCOCC1. The molecular weight excluding hydrogens is 287 g/mol. The Hall–Kier alpha value is -0.450. The second kappa shape index (κ2) is 5.94. The van der Waals surface area contributed by atoms with Crippen molar-refractivity contribution in [3.63, 3.8) is 0 Å². The van der Waals surface area contributed by atoms with Gasteiger partial charge in [0.15, 0.2) is 0 Å². The van der Waals surface area contributed by atoms with Crippen LogP contribution in [0, 0.1) is 11.7 Å². The van der Waals surface area contributed by atoms with Crippen molar-refractivity contribution in [3.8, 4) is 0 Å². The van der Waals surface area contributed by atoms with Crippen LogP contribution in [0.2, 0.25) is 0 Å². The van der Waals surface area contributed by atoms with E-state index in [-0.39, 0.29) is 11.7 Å². The molecule has 1 atom stereocenters. The minimum absolute atomic E-state index is 0.262. The molecule has 0 bridgehead atoms. The molecule has 0 aromatic heterocycles. The Labute approximate surface area is 109 Å². The summed E-state index contributed by atoms with van der Waals surface area (Å²) < 4.78 is 19.2. The summed E-state index contributed by atoms with van der Waals surface area (Å²) in [6, 6.07) is 4.57. The maximum absolute atomic E-state index is 13.1. The molecule has 0 amide bonds. The first kappa shape index (κ1) is 13.0. The molecule has 1 aliphatic heterocycles. The molecule has 1 aliphatic rings. The zero-order valence-electron chi connectivity index (χ0n) is 9.53. The normalized spacial score (nSPS) is 19.2. The third-order valence-electron chi connectivity index (χ3n) is 3.25. The van der Waals surface area contributed by atoms with E-state index in [4.69, 9.17) is 4.74 Å². The van der Waals surface area contributed by atoms with Gasteiger partial charge in [0, 0.05) is 17.7 Å². The lowest BCUT2D eigenvalue weighted by Gasteiger charge is -2.27. The highest BCUT2D eigenvalue weighted by atomic mass is 79.9. The molecule has 2 nitrogen and oxygen atoms in total. The smallest absolute Gasteiger partial charge is 0.123 e. The van der Waals surface area contributed by atoms with Gasteiger partial charge in [0.2, 0.25) is 0 Å². The van der Waals surface area contributed by atoms with E-state index in [0.717, 1.165) is 22.9 Å². The molecule has 1 aromatic rings. The van der Waals surface area contributed by atoms with Gasteiger partial charge < -0.3 is 9.84 Å². The summed E-state index contributed by atoms with van der Waals surface area (Å²) in [5.41, 5.74) is 0.823.